The van der Waals surface area contributed by atoms with Gasteiger partial charge in [0.1, 0.15) is 0 Å². The van der Waals surface area contributed by atoms with Gasteiger partial charge in [-0.15, -0.1) is 13.2 Å². The molecule has 0 aliphatic carbocycles. The first-order valence-corrected chi connectivity index (χ1v) is 7.68. The van der Waals surface area contributed by atoms with Gasteiger partial charge in [-0.05, 0) is 12.8 Å². The van der Waals surface area contributed by atoms with Crippen molar-refractivity contribution >= 4 is 5.78 Å². The summed E-state index contributed by atoms with van der Waals surface area (Å²) in [6.07, 6.45) is 6.38. The van der Waals surface area contributed by atoms with E-state index in [-0.39, 0.29) is 5.78 Å². The zero-order chi connectivity index (χ0) is 15.5. The zero-order valence-electron chi connectivity index (χ0n) is 12.9. The van der Waals surface area contributed by atoms with Crippen molar-refractivity contribution < 1.29 is 15.0 Å². The summed E-state index contributed by atoms with van der Waals surface area (Å²) in [7, 11) is 0. The predicted octanol–water partition coefficient (Wildman–Crippen LogP) is 3.26. The molecule has 0 spiro atoms. The molecule has 0 aromatic heterocycles. The monoisotopic (exact) mass is 282 g/mol. The first-order valence-electron chi connectivity index (χ1n) is 7.68. The number of hydrogen-bond acceptors (Lipinski definition) is 3. The molecule has 0 heterocycles. The standard InChI is InChI=1S/C17H30O3/c1-5-9-11-15(18)13(7-3)17(20)14(8-4)16(19)12-10-6-2/h7-8,13-16,18-19H,3-6,9-12H2,1-2H3. The Morgan fingerprint density at radius 1 is 0.950 bits per heavy atom. The Morgan fingerprint density at radius 2 is 1.30 bits per heavy atom. The number of aliphatic hydroxyl groups is 2. The molecule has 20 heavy (non-hydrogen) atoms. The molecule has 0 aliphatic rings. The summed E-state index contributed by atoms with van der Waals surface area (Å²) in [6, 6.07) is 0. The Morgan fingerprint density at radius 3 is 1.55 bits per heavy atom. The topological polar surface area (TPSA) is 57.5 Å². The van der Waals surface area contributed by atoms with Gasteiger partial charge in [0, 0.05) is 0 Å². The lowest BCUT2D eigenvalue weighted by Crippen LogP contribution is -2.36. The Kier molecular flexibility index (Phi) is 10.3. The van der Waals surface area contributed by atoms with E-state index < -0.39 is 24.0 Å². The molecule has 0 aromatic rings. The Balaban J connectivity index is 4.76. The third-order valence-corrected chi connectivity index (χ3v) is 3.70. The van der Waals surface area contributed by atoms with Crippen molar-refractivity contribution in [1.29, 1.82) is 0 Å². The molecule has 3 nitrogen and oxygen atoms in total. The molecular formula is C17H30O3. The predicted molar refractivity (Wildman–Crippen MR) is 83.4 cm³/mol. The third-order valence-electron chi connectivity index (χ3n) is 3.70. The van der Waals surface area contributed by atoms with Crippen LogP contribution in [0, 0.1) is 11.8 Å². The number of ketones is 1. The molecule has 2 N–H and O–H groups in total. The summed E-state index contributed by atoms with van der Waals surface area (Å²) in [5.74, 6) is -1.43. The van der Waals surface area contributed by atoms with Gasteiger partial charge in [-0.2, -0.15) is 0 Å². The van der Waals surface area contributed by atoms with E-state index in [0.717, 1.165) is 25.7 Å². The molecule has 0 bridgehead atoms. The van der Waals surface area contributed by atoms with Crippen molar-refractivity contribution in [2.75, 3.05) is 0 Å². The lowest BCUT2D eigenvalue weighted by molar-refractivity contribution is -0.130. The molecule has 4 unspecified atom stereocenters. The lowest BCUT2D eigenvalue weighted by atomic mass is 9.83. The minimum absolute atomic E-state index is 0.179. The summed E-state index contributed by atoms with van der Waals surface area (Å²) >= 11 is 0. The highest BCUT2D eigenvalue weighted by molar-refractivity contribution is 5.87. The SMILES string of the molecule is C=CC(C(=O)C(C=C)C(O)CCCC)C(O)CCCC. The minimum Gasteiger partial charge on any atom is -0.392 e. The van der Waals surface area contributed by atoms with Crippen LogP contribution >= 0.6 is 0 Å². The maximum absolute atomic E-state index is 12.5. The zero-order valence-corrected chi connectivity index (χ0v) is 12.9. The van der Waals surface area contributed by atoms with Crippen LogP contribution in [-0.4, -0.2) is 28.2 Å². The summed E-state index contributed by atoms with van der Waals surface area (Å²) in [5, 5.41) is 20.2. The number of rotatable bonds is 12. The molecule has 0 fully saturated rings. The summed E-state index contributed by atoms with van der Waals surface area (Å²) in [6.45, 7) is 11.4. The van der Waals surface area contributed by atoms with E-state index >= 15 is 0 Å². The van der Waals surface area contributed by atoms with Crippen LogP contribution in [0.25, 0.3) is 0 Å². The second-order valence-corrected chi connectivity index (χ2v) is 5.34. The van der Waals surface area contributed by atoms with Crippen molar-refractivity contribution in [1.82, 2.24) is 0 Å². The summed E-state index contributed by atoms with van der Waals surface area (Å²) in [5.41, 5.74) is 0. The highest BCUT2D eigenvalue weighted by atomic mass is 16.3. The van der Waals surface area contributed by atoms with Crippen LogP contribution < -0.4 is 0 Å². The molecule has 116 valence electrons. The van der Waals surface area contributed by atoms with Gasteiger partial charge in [0.2, 0.25) is 0 Å². The molecule has 0 amide bonds. The normalized spacial score (nSPS) is 17.0. The quantitative estimate of drug-likeness (QED) is 0.540. The second-order valence-electron chi connectivity index (χ2n) is 5.34. The van der Waals surface area contributed by atoms with Crippen molar-refractivity contribution in [2.45, 2.75) is 64.6 Å². The molecule has 0 rings (SSSR count). The fourth-order valence-corrected chi connectivity index (χ4v) is 2.33. The van der Waals surface area contributed by atoms with Crippen LogP contribution in [-0.2, 0) is 4.79 Å². The first-order chi connectivity index (χ1) is 9.53. The van der Waals surface area contributed by atoms with Crippen molar-refractivity contribution in [3.63, 3.8) is 0 Å². The average Bonchev–Trinajstić information content (AvgIpc) is 2.44. The molecule has 4 atom stereocenters. The van der Waals surface area contributed by atoms with E-state index in [1.807, 2.05) is 13.8 Å². The van der Waals surface area contributed by atoms with Crippen molar-refractivity contribution in [2.24, 2.45) is 11.8 Å². The maximum atomic E-state index is 12.5. The van der Waals surface area contributed by atoms with Gasteiger partial charge >= 0.3 is 0 Å². The maximum Gasteiger partial charge on any atom is 0.151 e. The summed E-state index contributed by atoms with van der Waals surface area (Å²) in [4.78, 5) is 12.5. The number of carbonyl (C=O) groups excluding carboxylic acids is 1. The lowest BCUT2D eigenvalue weighted by Gasteiger charge is -2.25. The van der Waals surface area contributed by atoms with Gasteiger partial charge in [-0.25, -0.2) is 0 Å². The number of Topliss-reactive ketones (excluding diaryl/α,β-unsaturated/α-hetero) is 1. The number of unbranched alkanes of at least 4 members (excludes halogenated alkanes) is 2. The fraction of sp³-hybridized carbons (Fsp3) is 0.706. The average molecular weight is 282 g/mol. The van der Waals surface area contributed by atoms with Crippen LogP contribution in [0.2, 0.25) is 0 Å². The molecule has 0 saturated carbocycles. The highest BCUT2D eigenvalue weighted by Gasteiger charge is 2.31. The highest BCUT2D eigenvalue weighted by Crippen LogP contribution is 2.22. The van der Waals surface area contributed by atoms with Gasteiger partial charge < -0.3 is 10.2 Å². The first kappa shape index (κ1) is 19.1. The number of carbonyl (C=O) groups is 1. The number of hydrogen-bond donors (Lipinski definition) is 2. The van der Waals surface area contributed by atoms with Crippen LogP contribution in [0.1, 0.15) is 52.4 Å². The van der Waals surface area contributed by atoms with Gasteiger partial charge in [-0.1, -0.05) is 51.7 Å². The van der Waals surface area contributed by atoms with Gasteiger partial charge in [0.05, 0.1) is 24.0 Å². The van der Waals surface area contributed by atoms with Gasteiger partial charge in [0.25, 0.3) is 0 Å². The van der Waals surface area contributed by atoms with E-state index in [9.17, 15) is 15.0 Å². The smallest absolute Gasteiger partial charge is 0.151 e. The molecular weight excluding hydrogens is 252 g/mol. The Bertz CT molecular complexity index is 271. The molecule has 0 aromatic carbocycles. The Hall–Kier alpha value is -0.930. The second kappa shape index (κ2) is 10.8. The third kappa shape index (κ3) is 6.02. The largest absolute Gasteiger partial charge is 0.392 e. The minimum atomic E-state index is -0.722. The van der Waals surface area contributed by atoms with Crippen molar-refractivity contribution in [3.05, 3.63) is 25.3 Å². The van der Waals surface area contributed by atoms with E-state index in [1.165, 1.54) is 12.2 Å². The van der Waals surface area contributed by atoms with E-state index in [1.54, 1.807) is 0 Å². The number of aliphatic hydroxyl groups excluding tert-OH is 2. The fourth-order valence-electron chi connectivity index (χ4n) is 2.33. The Labute approximate surface area is 123 Å². The molecule has 0 aliphatic heterocycles. The van der Waals surface area contributed by atoms with Gasteiger partial charge in [-0.3, -0.25) is 4.79 Å². The molecule has 0 radical (unpaired) electrons. The van der Waals surface area contributed by atoms with Crippen LogP contribution in [0.5, 0.6) is 0 Å². The van der Waals surface area contributed by atoms with E-state index in [2.05, 4.69) is 13.2 Å². The summed E-state index contributed by atoms with van der Waals surface area (Å²) < 4.78 is 0. The van der Waals surface area contributed by atoms with Gasteiger partial charge in [0.15, 0.2) is 5.78 Å². The molecule has 0 saturated heterocycles. The van der Waals surface area contributed by atoms with Crippen molar-refractivity contribution in [3.8, 4) is 0 Å². The van der Waals surface area contributed by atoms with E-state index in [4.69, 9.17) is 0 Å². The van der Waals surface area contributed by atoms with E-state index in [0.29, 0.717) is 12.8 Å². The van der Waals surface area contributed by atoms with Crippen LogP contribution in [0.4, 0.5) is 0 Å². The van der Waals surface area contributed by atoms with Crippen LogP contribution in [0.15, 0.2) is 25.3 Å². The molecule has 3 heteroatoms. The van der Waals surface area contributed by atoms with Crippen LogP contribution in [0.3, 0.4) is 0 Å².